The highest BCUT2D eigenvalue weighted by atomic mass is 19.1. The Bertz CT molecular complexity index is 1430. The first-order valence-corrected chi connectivity index (χ1v) is 15.1. The number of hydrogen-bond donors (Lipinski definition) is 0. The van der Waals surface area contributed by atoms with Crippen LogP contribution in [-0.4, -0.2) is 59.6 Å². The van der Waals surface area contributed by atoms with Gasteiger partial charge in [-0.25, -0.2) is 9.18 Å². The lowest BCUT2D eigenvalue weighted by Crippen LogP contribution is -2.48. The van der Waals surface area contributed by atoms with Crippen molar-refractivity contribution < 1.29 is 28.2 Å². The Morgan fingerprint density at radius 1 is 1.02 bits per heavy atom. The molecule has 1 aliphatic heterocycles. The molecule has 0 radical (unpaired) electrons. The van der Waals surface area contributed by atoms with Gasteiger partial charge in [0.2, 0.25) is 5.91 Å². The SMILES string of the molecule is CCOC(=O)CCC(=O)N1CCC(CN(C(=O)OC(C)(C)C)[C@H](C)c2cccc3ccccc23)C(c2cccc(F)c2)C1. The minimum Gasteiger partial charge on any atom is -0.466 e. The fraction of sp³-hybridized carbons (Fsp3) is 0.457. The first-order chi connectivity index (χ1) is 20.5. The third-order valence-corrected chi connectivity index (χ3v) is 8.03. The lowest BCUT2D eigenvalue weighted by atomic mass is 9.79. The molecule has 0 bridgehead atoms. The van der Waals surface area contributed by atoms with Gasteiger partial charge in [-0.2, -0.15) is 0 Å². The highest BCUT2D eigenvalue weighted by Gasteiger charge is 2.37. The van der Waals surface area contributed by atoms with Crippen LogP contribution in [0.4, 0.5) is 9.18 Å². The Hall–Kier alpha value is -3.94. The first kappa shape index (κ1) is 32.0. The predicted molar refractivity (Wildman–Crippen MR) is 165 cm³/mol. The molecular weight excluding hydrogens is 547 g/mol. The van der Waals surface area contributed by atoms with E-state index in [1.807, 2.05) is 58.0 Å². The van der Waals surface area contributed by atoms with E-state index in [4.69, 9.17) is 9.47 Å². The third-order valence-electron chi connectivity index (χ3n) is 8.03. The van der Waals surface area contributed by atoms with Crippen molar-refractivity contribution in [3.8, 4) is 0 Å². The molecule has 3 atom stereocenters. The topological polar surface area (TPSA) is 76.2 Å². The second-order valence-electron chi connectivity index (χ2n) is 12.2. The van der Waals surface area contributed by atoms with Crippen molar-refractivity contribution in [2.75, 3.05) is 26.2 Å². The highest BCUT2D eigenvalue weighted by molar-refractivity contribution is 5.86. The van der Waals surface area contributed by atoms with Gasteiger partial charge in [-0.05, 0) is 81.0 Å². The van der Waals surface area contributed by atoms with E-state index in [1.54, 1.807) is 22.8 Å². The number of likely N-dealkylation sites (tertiary alicyclic amines) is 1. The van der Waals surface area contributed by atoms with E-state index < -0.39 is 17.7 Å². The number of esters is 1. The predicted octanol–water partition coefficient (Wildman–Crippen LogP) is 7.25. The van der Waals surface area contributed by atoms with E-state index >= 15 is 0 Å². The summed E-state index contributed by atoms with van der Waals surface area (Å²) in [6, 6.07) is 20.3. The van der Waals surface area contributed by atoms with Gasteiger partial charge in [0.25, 0.3) is 0 Å². The number of carbonyl (C=O) groups excluding carboxylic acids is 3. The molecule has 2 amide bonds. The van der Waals surface area contributed by atoms with Gasteiger partial charge in [-0.3, -0.25) is 9.59 Å². The maximum atomic E-state index is 14.4. The third kappa shape index (κ3) is 8.33. The van der Waals surface area contributed by atoms with E-state index in [0.29, 0.717) is 26.1 Å². The lowest BCUT2D eigenvalue weighted by Gasteiger charge is -2.42. The molecule has 4 rings (SSSR count). The summed E-state index contributed by atoms with van der Waals surface area (Å²) in [5, 5.41) is 2.15. The van der Waals surface area contributed by atoms with Gasteiger partial charge in [0.15, 0.2) is 0 Å². The Labute approximate surface area is 253 Å². The Balaban J connectivity index is 1.64. The number of amides is 2. The molecule has 1 heterocycles. The van der Waals surface area contributed by atoms with Crippen LogP contribution in [0.1, 0.15) is 77.0 Å². The van der Waals surface area contributed by atoms with Gasteiger partial charge in [0, 0.05) is 32.0 Å². The maximum Gasteiger partial charge on any atom is 0.410 e. The number of benzene rings is 3. The van der Waals surface area contributed by atoms with Crippen molar-refractivity contribution in [1.29, 1.82) is 0 Å². The smallest absolute Gasteiger partial charge is 0.410 e. The fourth-order valence-electron chi connectivity index (χ4n) is 5.91. The number of ether oxygens (including phenoxy) is 2. The number of nitrogens with zero attached hydrogens (tertiary/aromatic N) is 2. The standard InChI is InChI=1S/C35H43FN2O5/c1-6-42-33(40)18-17-32(39)37-20-19-27(31(23-37)26-13-9-14-28(36)21-26)22-38(34(41)43-35(3,4)5)24(2)29-16-10-12-25-11-7-8-15-30(25)29/h7-16,21,24,27,31H,6,17-20,22-23H2,1-5H3/t24-,27?,31?/m1/s1. The minimum atomic E-state index is -0.690. The van der Waals surface area contributed by atoms with Crippen molar-refractivity contribution in [2.24, 2.45) is 5.92 Å². The molecule has 7 nitrogen and oxygen atoms in total. The maximum absolute atomic E-state index is 14.4. The van der Waals surface area contributed by atoms with E-state index in [9.17, 15) is 18.8 Å². The van der Waals surface area contributed by atoms with E-state index in [2.05, 4.69) is 18.2 Å². The molecule has 1 aliphatic rings. The zero-order valence-electron chi connectivity index (χ0n) is 25.8. The van der Waals surface area contributed by atoms with Gasteiger partial charge >= 0.3 is 12.1 Å². The molecule has 3 aromatic rings. The van der Waals surface area contributed by atoms with Crippen LogP contribution in [0.5, 0.6) is 0 Å². The van der Waals surface area contributed by atoms with Crippen molar-refractivity contribution in [1.82, 2.24) is 9.80 Å². The molecule has 0 N–H and O–H groups in total. The molecule has 3 aromatic carbocycles. The molecule has 0 saturated carbocycles. The number of fused-ring (bicyclic) bond motifs is 1. The molecule has 1 saturated heterocycles. The molecule has 0 aliphatic carbocycles. The summed E-state index contributed by atoms with van der Waals surface area (Å²) >= 11 is 0. The van der Waals surface area contributed by atoms with Gasteiger partial charge in [-0.1, -0.05) is 54.6 Å². The number of hydrogen-bond acceptors (Lipinski definition) is 5. The van der Waals surface area contributed by atoms with Crippen LogP contribution in [0.3, 0.4) is 0 Å². The Kier molecular flexibility index (Phi) is 10.4. The number of halogens is 1. The molecule has 1 fully saturated rings. The van der Waals surface area contributed by atoms with Crippen molar-refractivity contribution >= 4 is 28.7 Å². The molecule has 230 valence electrons. The molecule has 8 heteroatoms. The van der Waals surface area contributed by atoms with Crippen molar-refractivity contribution in [2.45, 2.75) is 71.4 Å². The summed E-state index contributed by atoms with van der Waals surface area (Å²) in [5.41, 5.74) is 1.09. The summed E-state index contributed by atoms with van der Waals surface area (Å²) < 4.78 is 25.3. The fourth-order valence-corrected chi connectivity index (χ4v) is 5.91. The summed E-state index contributed by atoms with van der Waals surface area (Å²) in [6.07, 6.45) is 0.264. The number of rotatable bonds is 9. The Morgan fingerprint density at radius 2 is 1.74 bits per heavy atom. The summed E-state index contributed by atoms with van der Waals surface area (Å²) in [5.74, 6) is -1.18. The molecule has 0 aromatic heterocycles. The van der Waals surface area contributed by atoms with Crippen LogP contribution in [0.25, 0.3) is 10.8 Å². The lowest BCUT2D eigenvalue weighted by molar-refractivity contribution is -0.146. The largest absolute Gasteiger partial charge is 0.466 e. The van der Waals surface area contributed by atoms with Crippen LogP contribution in [0.15, 0.2) is 66.7 Å². The van der Waals surface area contributed by atoms with Gasteiger partial charge in [-0.15, -0.1) is 0 Å². The second-order valence-corrected chi connectivity index (χ2v) is 12.2. The van der Waals surface area contributed by atoms with Crippen LogP contribution < -0.4 is 0 Å². The monoisotopic (exact) mass is 590 g/mol. The van der Waals surface area contributed by atoms with Crippen LogP contribution in [0.2, 0.25) is 0 Å². The molecule has 2 unspecified atom stereocenters. The zero-order chi connectivity index (χ0) is 31.1. The van der Waals surface area contributed by atoms with Crippen LogP contribution in [-0.2, 0) is 19.1 Å². The normalized spacial score (nSPS) is 17.8. The van der Waals surface area contributed by atoms with Gasteiger partial charge in [0.05, 0.1) is 19.1 Å². The first-order valence-electron chi connectivity index (χ1n) is 15.1. The van der Waals surface area contributed by atoms with Gasteiger partial charge in [0.1, 0.15) is 11.4 Å². The van der Waals surface area contributed by atoms with E-state index in [-0.39, 0.29) is 49.1 Å². The summed E-state index contributed by atoms with van der Waals surface area (Å²) in [6.45, 7) is 10.8. The average Bonchev–Trinajstić information content (AvgIpc) is 2.97. The summed E-state index contributed by atoms with van der Waals surface area (Å²) in [4.78, 5) is 42.3. The van der Waals surface area contributed by atoms with E-state index in [0.717, 1.165) is 21.9 Å². The number of carbonyl (C=O) groups is 3. The van der Waals surface area contributed by atoms with Crippen molar-refractivity contribution in [3.05, 3.63) is 83.7 Å². The molecular formula is C35H43FN2O5. The van der Waals surface area contributed by atoms with Crippen LogP contribution >= 0.6 is 0 Å². The average molecular weight is 591 g/mol. The van der Waals surface area contributed by atoms with E-state index in [1.165, 1.54) is 12.1 Å². The molecule has 43 heavy (non-hydrogen) atoms. The number of piperidine rings is 1. The molecule has 0 spiro atoms. The Morgan fingerprint density at radius 3 is 2.47 bits per heavy atom. The minimum absolute atomic E-state index is 0.0200. The van der Waals surface area contributed by atoms with Gasteiger partial charge < -0.3 is 19.3 Å². The highest BCUT2D eigenvalue weighted by Crippen LogP contribution is 2.37. The second kappa shape index (κ2) is 14.0. The summed E-state index contributed by atoms with van der Waals surface area (Å²) in [7, 11) is 0. The van der Waals surface area contributed by atoms with Crippen LogP contribution in [0, 0.1) is 11.7 Å². The quantitative estimate of drug-likeness (QED) is 0.245. The zero-order valence-corrected chi connectivity index (χ0v) is 25.8. The van der Waals surface area contributed by atoms with Crippen molar-refractivity contribution in [3.63, 3.8) is 0 Å².